The third-order valence-electron chi connectivity index (χ3n) is 7.15. The molecule has 0 radical (unpaired) electrons. The van der Waals surface area contributed by atoms with Crippen molar-refractivity contribution in [3.63, 3.8) is 0 Å². The maximum Gasteiger partial charge on any atom is 0.407 e. The molecule has 2 amide bonds. The standard InChI is InChI=1S/C28H34N2O5/c1-2-7-20(17-26(31)30-14-12-19(13-15-30)16-27(32)33)29-28(34)35-18-25-23-10-5-3-8-21(23)22-9-4-6-11-24(22)25/h3-6,8-11,19-20,25H,2,7,12-18H2,1H3,(H,29,34)(H,32,33)/t20-/m1/s1. The Morgan fingerprint density at radius 1 is 1.03 bits per heavy atom. The Kier molecular flexibility index (Phi) is 8.06. The first-order chi connectivity index (χ1) is 17.0. The number of benzene rings is 2. The van der Waals surface area contributed by atoms with Crippen LogP contribution in [-0.2, 0) is 14.3 Å². The third kappa shape index (κ3) is 6.02. The zero-order valence-electron chi connectivity index (χ0n) is 20.2. The van der Waals surface area contributed by atoms with Crippen molar-refractivity contribution in [3.8, 4) is 11.1 Å². The fourth-order valence-electron chi connectivity index (χ4n) is 5.35. The Hall–Kier alpha value is -3.35. The minimum absolute atomic E-state index is 0.00354. The van der Waals surface area contributed by atoms with Crippen LogP contribution in [0.1, 0.15) is 62.5 Å². The molecule has 1 aliphatic heterocycles. The van der Waals surface area contributed by atoms with Crippen molar-refractivity contribution >= 4 is 18.0 Å². The highest BCUT2D eigenvalue weighted by atomic mass is 16.5. The molecule has 1 heterocycles. The molecule has 0 saturated carbocycles. The number of ether oxygens (including phenoxy) is 1. The van der Waals surface area contributed by atoms with Crippen LogP contribution in [0.15, 0.2) is 48.5 Å². The predicted octanol–water partition coefficient (Wildman–Crippen LogP) is 4.80. The lowest BCUT2D eigenvalue weighted by Gasteiger charge is -2.32. The number of rotatable bonds is 9. The Balaban J connectivity index is 1.30. The lowest BCUT2D eigenvalue weighted by molar-refractivity contribution is -0.138. The smallest absolute Gasteiger partial charge is 0.407 e. The molecule has 7 heteroatoms. The van der Waals surface area contributed by atoms with Gasteiger partial charge in [0.2, 0.25) is 5.91 Å². The summed E-state index contributed by atoms with van der Waals surface area (Å²) in [5.41, 5.74) is 4.68. The Bertz CT molecular complexity index is 1020. The van der Waals surface area contributed by atoms with Crippen molar-refractivity contribution in [1.82, 2.24) is 10.2 Å². The molecule has 1 fully saturated rings. The van der Waals surface area contributed by atoms with Crippen LogP contribution in [-0.4, -0.2) is 53.7 Å². The number of aliphatic carboxylic acids is 1. The van der Waals surface area contributed by atoms with Crippen LogP contribution in [0.5, 0.6) is 0 Å². The number of nitrogens with one attached hydrogen (secondary N) is 1. The van der Waals surface area contributed by atoms with E-state index in [9.17, 15) is 14.4 Å². The number of carbonyl (C=O) groups excluding carboxylic acids is 2. The second kappa shape index (κ2) is 11.4. The zero-order valence-corrected chi connectivity index (χ0v) is 20.2. The summed E-state index contributed by atoms with van der Waals surface area (Å²) in [5, 5.41) is 11.9. The number of carboxylic acid groups (broad SMARTS) is 1. The van der Waals surface area contributed by atoms with Crippen LogP contribution in [0.25, 0.3) is 11.1 Å². The predicted molar refractivity (Wildman–Crippen MR) is 133 cm³/mol. The van der Waals surface area contributed by atoms with Gasteiger partial charge in [0.25, 0.3) is 0 Å². The molecule has 4 rings (SSSR count). The molecule has 2 aromatic rings. The molecule has 1 saturated heterocycles. The monoisotopic (exact) mass is 478 g/mol. The number of fused-ring (bicyclic) bond motifs is 3. The SMILES string of the molecule is CCC[C@H](CC(=O)N1CCC(CC(=O)O)CC1)NC(=O)OCC1c2ccccc2-c2ccccc21. The highest BCUT2D eigenvalue weighted by molar-refractivity contribution is 5.80. The molecule has 0 unspecified atom stereocenters. The fourth-order valence-corrected chi connectivity index (χ4v) is 5.35. The zero-order chi connectivity index (χ0) is 24.8. The summed E-state index contributed by atoms with van der Waals surface area (Å²) in [6.45, 7) is 3.40. The molecule has 2 aromatic carbocycles. The molecule has 2 aliphatic rings. The topological polar surface area (TPSA) is 95.9 Å². The van der Waals surface area contributed by atoms with Crippen molar-refractivity contribution in [2.45, 2.75) is 57.4 Å². The van der Waals surface area contributed by atoms with E-state index in [1.165, 1.54) is 11.1 Å². The highest BCUT2D eigenvalue weighted by Crippen LogP contribution is 2.44. The molecular weight excluding hydrogens is 444 g/mol. The molecule has 1 aliphatic carbocycles. The summed E-state index contributed by atoms with van der Waals surface area (Å²) >= 11 is 0. The van der Waals surface area contributed by atoms with Crippen LogP contribution >= 0.6 is 0 Å². The van der Waals surface area contributed by atoms with E-state index in [4.69, 9.17) is 9.84 Å². The lowest BCUT2D eigenvalue weighted by atomic mass is 9.93. The van der Waals surface area contributed by atoms with Gasteiger partial charge in [0.05, 0.1) is 0 Å². The van der Waals surface area contributed by atoms with Gasteiger partial charge in [-0.3, -0.25) is 9.59 Å². The van der Waals surface area contributed by atoms with Crippen LogP contribution in [0.4, 0.5) is 4.79 Å². The second-order valence-corrected chi connectivity index (χ2v) is 9.58. The second-order valence-electron chi connectivity index (χ2n) is 9.58. The van der Waals surface area contributed by atoms with E-state index < -0.39 is 12.1 Å². The van der Waals surface area contributed by atoms with Crippen LogP contribution in [0, 0.1) is 5.92 Å². The van der Waals surface area contributed by atoms with E-state index >= 15 is 0 Å². The number of likely N-dealkylation sites (tertiary alicyclic amines) is 1. The van der Waals surface area contributed by atoms with Gasteiger partial charge >= 0.3 is 12.1 Å². The van der Waals surface area contributed by atoms with E-state index in [1.807, 2.05) is 31.2 Å². The molecule has 7 nitrogen and oxygen atoms in total. The fraction of sp³-hybridized carbons (Fsp3) is 0.464. The molecular formula is C28H34N2O5. The maximum atomic E-state index is 12.9. The Morgan fingerprint density at radius 3 is 2.20 bits per heavy atom. The molecule has 35 heavy (non-hydrogen) atoms. The van der Waals surface area contributed by atoms with Crippen molar-refractivity contribution < 1.29 is 24.2 Å². The Labute approximate surface area is 206 Å². The maximum absolute atomic E-state index is 12.9. The molecule has 0 bridgehead atoms. The van der Waals surface area contributed by atoms with Gasteiger partial charge in [-0.15, -0.1) is 0 Å². The Morgan fingerprint density at radius 2 is 1.63 bits per heavy atom. The van der Waals surface area contributed by atoms with Crippen molar-refractivity contribution in [2.75, 3.05) is 19.7 Å². The largest absolute Gasteiger partial charge is 0.481 e. The van der Waals surface area contributed by atoms with Crippen LogP contribution < -0.4 is 5.32 Å². The molecule has 2 N–H and O–H groups in total. The van der Waals surface area contributed by atoms with Gasteiger partial charge in [-0.25, -0.2) is 4.79 Å². The number of hydrogen-bond acceptors (Lipinski definition) is 4. The number of carboxylic acids is 1. The normalized spacial score (nSPS) is 16.3. The first-order valence-corrected chi connectivity index (χ1v) is 12.6. The van der Waals surface area contributed by atoms with Crippen molar-refractivity contribution in [2.24, 2.45) is 5.92 Å². The number of piperidine rings is 1. The van der Waals surface area contributed by atoms with Gasteiger partial charge in [-0.2, -0.15) is 0 Å². The van der Waals surface area contributed by atoms with Crippen LogP contribution in [0.2, 0.25) is 0 Å². The summed E-state index contributed by atoms with van der Waals surface area (Å²) < 4.78 is 5.66. The van der Waals surface area contributed by atoms with Crippen LogP contribution in [0.3, 0.4) is 0 Å². The molecule has 186 valence electrons. The third-order valence-corrected chi connectivity index (χ3v) is 7.15. The average Bonchev–Trinajstić information content (AvgIpc) is 3.16. The van der Waals surface area contributed by atoms with Gasteiger partial charge < -0.3 is 20.1 Å². The summed E-state index contributed by atoms with van der Waals surface area (Å²) in [5.74, 6) is -0.672. The van der Waals surface area contributed by atoms with Gasteiger partial charge in [0, 0.05) is 37.9 Å². The quantitative estimate of drug-likeness (QED) is 0.540. The minimum atomic E-state index is -0.787. The summed E-state index contributed by atoms with van der Waals surface area (Å²) in [6.07, 6.45) is 2.81. The van der Waals surface area contributed by atoms with Crippen molar-refractivity contribution in [1.29, 1.82) is 0 Å². The number of carbonyl (C=O) groups is 3. The number of hydrogen-bond donors (Lipinski definition) is 2. The summed E-state index contributed by atoms with van der Waals surface area (Å²) in [7, 11) is 0. The number of nitrogens with zero attached hydrogens (tertiary/aromatic N) is 1. The van der Waals surface area contributed by atoms with Gasteiger partial charge in [-0.05, 0) is 47.4 Å². The summed E-state index contributed by atoms with van der Waals surface area (Å²) in [6, 6.07) is 16.1. The summed E-state index contributed by atoms with van der Waals surface area (Å²) in [4.78, 5) is 38.3. The number of amides is 2. The van der Waals surface area contributed by atoms with Crippen molar-refractivity contribution in [3.05, 3.63) is 59.7 Å². The van der Waals surface area contributed by atoms with E-state index in [0.717, 1.165) is 17.5 Å². The van der Waals surface area contributed by atoms with E-state index in [-0.39, 0.29) is 43.2 Å². The van der Waals surface area contributed by atoms with E-state index in [1.54, 1.807) is 4.90 Å². The highest BCUT2D eigenvalue weighted by Gasteiger charge is 2.30. The number of alkyl carbamates (subject to hydrolysis) is 1. The van der Waals surface area contributed by atoms with Gasteiger partial charge in [0.15, 0.2) is 0 Å². The first-order valence-electron chi connectivity index (χ1n) is 12.6. The molecule has 1 atom stereocenters. The van der Waals surface area contributed by atoms with E-state index in [2.05, 4.69) is 29.6 Å². The van der Waals surface area contributed by atoms with Gasteiger partial charge in [-0.1, -0.05) is 61.9 Å². The lowest BCUT2D eigenvalue weighted by Crippen LogP contribution is -2.44. The van der Waals surface area contributed by atoms with Gasteiger partial charge in [0.1, 0.15) is 6.61 Å². The van der Waals surface area contributed by atoms with E-state index in [0.29, 0.717) is 32.4 Å². The average molecular weight is 479 g/mol. The first kappa shape index (κ1) is 24.8. The molecule has 0 aromatic heterocycles. The molecule has 0 spiro atoms. The minimum Gasteiger partial charge on any atom is -0.481 e.